The van der Waals surface area contributed by atoms with Gasteiger partial charge < -0.3 is 57.6 Å². The largest absolute Gasteiger partial charge is 0.481 e. The summed E-state index contributed by atoms with van der Waals surface area (Å²) in [7, 11) is 0. The molecule has 7 atom stereocenters. The van der Waals surface area contributed by atoms with Crippen LogP contribution in [0.4, 0.5) is 0 Å². The third-order valence-corrected chi connectivity index (χ3v) is 9.77. The van der Waals surface area contributed by atoms with Crippen molar-refractivity contribution in [1.29, 1.82) is 0 Å². The molecular formula is C39H59N7O13. The number of aliphatic hydroxyl groups excluding tert-OH is 1. The van der Waals surface area contributed by atoms with E-state index in [1.807, 2.05) is 0 Å². The van der Waals surface area contributed by atoms with Gasteiger partial charge in [-0.05, 0) is 56.4 Å². The number of carboxylic acids is 3. The topological polar surface area (TPSA) is 324 Å². The molecule has 59 heavy (non-hydrogen) atoms. The number of benzene rings is 1. The Labute approximate surface area is 342 Å². The zero-order valence-corrected chi connectivity index (χ0v) is 34.0. The lowest BCUT2D eigenvalue weighted by Gasteiger charge is -2.32. The molecule has 20 nitrogen and oxygen atoms in total. The second kappa shape index (κ2) is 23.7. The van der Waals surface area contributed by atoms with Crippen molar-refractivity contribution >= 4 is 53.4 Å². The first-order valence-corrected chi connectivity index (χ1v) is 19.6. The minimum absolute atomic E-state index is 0.0736. The van der Waals surface area contributed by atoms with Gasteiger partial charge in [0.15, 0.2) is 6.10 Å². The van der Waals surface area contributed by atoms with Gasteiger partial charge in [-0.2, -0.15) is 0 Å². The molecular weight excluding hydrogens is 774 g/mol. The predicted molar refractivity (Wildman–Crippen MR) is 210 cm³/mol. The number of carbonyl (C=O) groups excluding carboxylic acids is 6. The number of nitrogens with zero attached hydrogens (tertiary/aromatic N) is 1. The molecule has 1 aromatic rings. The number of nitrogens with two attached hydrogens (primary N) is 1. The number of carbonyl (C=O) groups is 9. The summed E-state index contributed by atoms with van der Waals surface area (Å²) < 4.78 is 0. The van der Waals surface area contributed by atoms with Crippen molar-refractivity contribution in [3.63, 3.8) is 0 Å². The second-order valence-corrected chi connectivity index (χ2v) is 15.5. The van der Waals surface area contributed by atoms with E-state index < -0.39 is 114 Å². The fraction of sp³-hybridized carbons (Fsp3) is 0.615. The van der Waals surface area contributed by atoms with Crippen LogP contribution in [-0.2, 0) is 49.6 Å². The van der Waals surface area contributed by atoms with Crippen LogP contribution >= 0.6 is 0 Å². The number of hydrogen-bond donors (Lipinski definition) is 10. The van der Waals surface area contributed by atoms with Crippen molar-refractivity contribution < 1.29 is 63.6 Å². The molecule has 1 heterocycles. The summed E-state index contributed by atoms with van der Waals surface area (Å²) in [5.74, 6) is -10.1. The number of nitrogens with one attached hydrogen (secondary N) is 5. The maximum Gasteiger partial charge on any atom is 0.306 e. The van der Waals surface area contributed by atoms with Gasteiger partial charge in [-0.1, -0.05) is 58.0 Å². The number of hydrogen-bond acceptors (Lipinski definition) is 11. The second-order valence-electron chi connectivity index (χ2n) is 15.5. The van der Waals surface area contributed by atoms with E-state index in [9.17, 15) is 58.5 Å². The van der Waals surface area contributed by atoms with Crippen molar-refractivity contribution in [3.05, 3.63) is 35.9 Å². The molecule has 6 amide bonds. The Morgan fingerprint density at radius 1 is 0.729 bits per heavy atom. The van der Waals surface area contributed by atoms with Crippen LogP contribution in [-0.4, -0.2) is 134 Å². The number of likely N-dealkylation sites (tertiary alicyclic amines) is 1. The number of amides is 6. The maximum atomic E-state index is 13.9. The SMILES string of the molecule is CC(C)C[C@H](NC(=O)[C@@H](NC(=O)[C@@H](N)CCC(=O)O)C(C)C)C(=O)N[C@@H](Cc1ccccc1)[C@@H](O)C(=O)N[C@@H](CC(=O)O)C(=O)N[C@@H](C)C(=O)N1CCC(C(=O)O)CC1. The highest BCUT2D eigenvalue weighted by Gasteiger charge is 2.37. The highest BCUT2D eigenvalue weighted by Crippen LogP contribution is 2.18. The predicted octanol–water partition coefficient (Wildman–Crippen LogP) is -1.27. The van der Waals surface area contributed by atoms with Gasteiger partial charge in [-0.15, -0.1) is 0 Å². The molecule has 2 rings (SSSR count). The molecule has 20 heteroatoms. The molecule has 1 saturated heterocycles. The summed E-state index contributed by atoms with van der Waals surface area (Å²) >= 11 is 0. The first kappa shape index (κ1) is 49.5. The number of aliphatic hydroxyl groups is 1. The fourth-order valence-corrected chi connectivity index (χ4v) is 6.38. The molecule has 0 saturated carbocycles. The van der Waals surface area contributed by atoms with Crippen molar-refractivity contribution in [2.24, 2.45) is 23.5 Å². The number of aliphatic carboxylic acids is 3. The molecule has 1 aromatic carbocycles. The van der Waals surface area contributed by atoms with E-state index in [1.165, 1.54) is 11.8 Å². The summed E-state index contributed by atoms with van der Waals surface area (Å²) in [6.07, 6.45) is -3.20. The van der Waals surface area contributed by atoms with Gasteiger partial charge in [0.2, 0.25) is 29.5 Å². The van der Waals surface area contributed by atoms with Crippen LogP contribution in [0.3, 0.4) is 0 Å². The summed E-state index contributed by atoms with van der Waals surface area (Å²) in [5, 5.41) is 51.5. The van der Waals surface area contributed by atoms with E-state index in [-0.39, 0.29) is 57.5 Å². The summed E-state index contributed by atoms with van der Waals surface area (Å²) in [4.78, 5) is 116. The third-order valence-electron chi connectivity index (χ3n) is 9.77. The van der Waals surface area contributed by atoms with E-state index in [0.29, 0.717) is 5.56 Å². The van der Waals surface area contributed by atoms with Crippen LogP contribution in [0.1, 0.15) is 78.7 Å². The van der Waals surface area contributed by atoms with Crippen molar-refractivity contribution in [2.75, 3.05) is 13.1 Å². The zero-order valence-electron chi connectivity index (χ0n) is 34.0. The summed E-state index contributed by atoms with van der Waals surface area (Å²) in [6.45, 7) is 8.45. The van der Waals surface area contributed by atoms with Gasteiger partial charge in [0, 0.05) is 19.5 Å². The van der Waals surface area contributed by atoms with Gasteiger partial charge in [-0.3, -0.25) is 43.2 Å². The lowest BCUT2D eigenvalue weighted by atomic mass is 9.96. The Kier molecular flexibility index (Phi) is 19.9. The monoisotopic (exact) mass is 833 g/mol. The van der Waals surface area contributed by atoms with E-state index >= 15 is 0 Å². The van der Waals surface area contributed by atoms with Crippen molar-refractivity contribution in [1.82, 2.24) is 31.5 Å². The quantitative estimate of drug-likeness (QED) is 0.0615. The number of rotatable bonds is 23. The first-order valence-electron chi connectivity index (χ1n) is 19.6. The standard InChI is InChI=1S/C39H59N7O13/c1-20(2)17-27(43-36(55)31(21(3)4)45-33(52)25(40)11-12-29(47)48)35(54)42-26(18-23-9-7-6-8-10-23)32(51)37(56)44-28(19-30(49)50)34(53)41-22(5)38(57)46-15-13-24(14-16-46)39(58)59/h6-10,20-22,24-28,31-32,51H,11-19,40H2,1-5H3,(H,41,53)(H,42,54)(H,43,55)(H,44,56)(H,45,52)(H,47,48)(H,49,50)(H,58,59)/t22-,25-,26-,27-,28-,31-,32+/m0/s1. The molecule has 1 aliphatic heterocycles. The van der Waals surface area contributed by atoms with Gasteiger partial charge in [0.05, 0.1) is 24.4 Å². The highest BCUT2D eigenvalue weighted by molar-refractivity contribution is 5.96. The Balaban J connectivity index is 2.28. The van der Waals surface area contributed by atoms with Crippen molar-refractivity contribution in [2.45, 2.75) is 122 Å². The summed E-state index contributed by atoms with van der Waals surface area (Å²) in [5.41, 5.74) is 6.40. The molecule has 328 valence electrons. The zero-order chi connectivity index (χ0) is 44.6. The maximum absolute atomic E-state index is 13.9. The molecule has 0 bridgehead atoms. The Bertz CT molecular complexity index is 1650. The lowest BCUT2D eigenvalue weighted by Crippen LogP contribution is -2.61. The summed E-state index contributed by atoms with van der Waals surface area (Å²) in [6, 6.07) is 0.398. The van der Waals surface area contributed by atoms with Crippen LogP contribution in [0.25, 0.3) is 0 Å². The smallest absolute Gasteiger partial charge is 0.306 e. The molecule has 0 spiro atoms. The molecule has 0 radical (unpaired) electrons. The molecule has 1 aliphatic rings. The highest BCUT2D eigenvalue weighted by atomic mass is 16.4. The fourth-order valence-electron chi connectivity index (χ4n) is 6.38. The molecule has 0 aromatic heterocycles. The third kappa shape index (κ3) is 16.6. The number of carboxylic acid groups (broad SMARTS) is 3. The van der Waals surface area contributed by atoms with E-state index in [2.05, 4.69) is 26.6 Å². The van der Waals surface area contributed by atoms with Crippen LogP contribution in [0.2, 0.25) is 0 Å². The molecule has 11 N–H and O–H groups in total. The minimum atomic E-state index is -2.08. The number of piperidine rings is 1. The van der Waals surface area contributed by atoms with Gasteiger partial charge >= 0.3 is 17.9 Å². The van der Waals surface area contributed by atoms with Gasteiger partial charge in [0.25, 0.3) is 5.91 Å². The van der Waals surface area contributed by atoms with Crippen LogP contribution < -0.4 is 32.3 Å². The van der Waals surface area contributed by atoms with Gasteiger partial charge in [-0.25, -0.2) is 0 Å². The minimum Gasteiger partial charge on any atom is -0.481 e. The Morgan fingerprint density at radius 3 is 1.83 bits per heavy atom. The van der Waals surface area contributed by atoms with E-state index in [0.717, 1.165) is 0 Å². The van der Waals surface area contributed by atoms with Crippen molar-refractivity contribution in [3.8, 4) is 0 Å². The molecule has 1 fully saturated rings. The molecule has 0 aliphatic carbocycles. The average molecular weight is 834 g/mol. The Morgan fingerprint density at radius 2 is 1.31 bits per heavy atom. The van der Waals surface area contributed by atoms with E-state index in [1.54, 1.807) is 58.0 Å². The van der Waals surface area contributed by atoms with Gasteiger partial charge in [0.1, 0.15) is 24.2 Å². The van der Waals surface area contributed by atoms with Crippen LogP contribution in [0.5, 0.6) is 0 Å². The molecule has 0 unspecified atom stereocenters. The average Bonchev–Trinajstić information content (AvgIpc) is 3.17. The lowest BCUT2D eigenvalue weighted by molar-refractivity contribution is -0.146. The van der Waals surface area contributed by atoms with E-state index in [4.69, 9.17) is 10.8 Å². The first-order chi connectivity index (χ1) is 27.6. The van der Waals surface area contributed by atoms with Crippen LogP contribution in [0.15, 0.2) is 30.3 Å². The van der Waals surface area contributed by atoms with Crippen LogP contribution in [0, 0.1) is 17.8 Å². The Hall–Kier alpha value is -5.63. The normalized spacial score (nSPS) is 16.7.